The second-order valence-electron chi connectivity index (χ2n) is 4.36. The number of rotatable bonds is 6. The van der Waals surface area contributed by atoms with Crippen LogP contribution in [0.1, 0.15) is 4.88 Å². The molecule has 10 heteroatoms. The third kappa shape index (κ3) is 4.28. The third-order valence-corrected chi connectivity index (χ3v) is 4.40. The van der Waals surface area contributed by atoms with Gasteiger partial charge in [0.1, 0.15) is 6.33 Å². The van der Waals surface area contributed by atoms with Crippen LogP contribution in [0.5, 0.6) is 0 Å². The Bertz CT molecular complexity index is 752. The molecule has 0 unspecified atom stereocenters. The van der Waals surface area contributed by atoms with Crippen molar-refractivity contribution in [1.82, 2.24) is 19.7 Å². The van der Waals surface area contributed by atoms with E-state index in [1.54, 1.807) is 0 Å². The molecule has 0 radical (unpaired) electrons. The fourth-order valence-corrected chi connectivity index (χ4v) is 3.15. The molecule has 0 atom stereocenters. The molecular formula is C12H12BrFN4O3S. The lowest BCUT2D eigenvalue weighted by Crippen LogP contribution is -2.29. The van der Waals surface area contributed by atoms with E-state index in [2.05, 4.69) is 21.0 Å². The van der Waals surface area contributed by atoms with E-state index >= 15 is 0 Å². The molecule has 22 heavy (non-hydrogen) atoms. The lowest BCUT2D eigenvalue weighted by atomic mass is 10.3. The Hall–Kier alpha value is -1.94. The zero-order valence-corrected chi connectivity index (χ0v) is 13.6. The number of hydrogen-bond donors (Lipinski definition) is 2. The molecule has 2 aromatic heterocycles. The van der Waals surface area contributed by atoms with Gasteiger partial charge in [0.25, 0.3) is 0 Å². The maximum absolute atomic E-state index is 12.7. The molecule has 2 heterocycles. The number of hydrogen-bond acceptors (Lipinski definition) is 4. The molecule has 0 saturated heterocycles. The van der Waals surface area contributed by atoms with Gasteiger partial charge in [-0.25, -0.2) is 18.7 Å². The van der Waals surface area contributed by atoms with Crippen LogP contribution in [0.3, 0.4) is 0 Å². The van der Waals surface area contributed by atoms with Crippen molar-refractivity contribution in [3.8, 4) is 0 Å². The summed E-state index contributed by atoms with van der Waals surface area (Å²) in [6, 6.07) is 1.90. The van der Waals surface area contributed by atoms with E-state index in [1.165, 1.54) is 22.2 Å². The molecule has 2 rings (SSSR count). The quantitative estimate of drug-likeness (QED) is 0.789. The van der Waals surface area contributed by atoms with E-state index in [0.29, 0.717) is 6.54 Å². The van der Waals surface area contributed by atoms with Gasteiger partial charge in [-0.15, -0.1) is 11.3 Å². The first kappa shape index (κ1) is 16.4. The van der Waals surface area contributed by atoms with Crippen molar-refractivity contribution in [1.29, 1.82) is 0 Å². The molecule has 0 bridgehead atoms. The first-order valence-electron chi connectivity index (χ1n) is 6.09. The summed E-state index contributed by atoms with van der Waals surface area (Å²) in [6.07, 6.45) is 0.384. The van der Waals surface area contributed by atoms with Crippen LogP contribution in [0, 0.1) is 0 Å². The number of halogens is 2. The molecule has 7 nitrogen and oxygen atoms in total. The maximum atomic E-state index is 12.7. The van der Waals surface area contributed by atoms with Gasteiger partial charge in [-0.3, -0.25) is 4.57 Å². The van der Waals surface area contributed by atoms with Crippen LogP contribution < -0.4 is 11.0 Å². The van der Waals surface area contributed by atoms with Gasteiger partial charge in [0.2, 0.25) is 0 Å². The van der Waals surface area contributed by atoms with E-state index in [0.717, 1.165) is 14.0 Å². The predicted octanol–water partition coefficient (Wildman–Crippen LogP) is 2.04. The van der Waals surface area contributed by atoms with Crippen LogP contribution in [0.25, 0.3) is 0 Å². The van der Waals surface area contributed by atoms with Crippen LogP contribution in [-0.4, -0.2) is 32.1 Å². The molecule has 2 N–H and O–H groups in total. The van der Waals surface area contributed by atoms with Crippen molar-refractivity contribution in [3.63, 3.8) is 0 Å². The smallest absolute Gasteiger partial charge is 0.404 e. The monoisotopic (exact) mass is 390 g/mol. The van der Waals surface area contributed by atoms with Crippen molar-refractivity contribution in [2.24, 2.45) is 0 Å². The van der Waals surface area contributed by atoms with E-state index in [1.807, 2.05) is 16.8 Å². The normalized spacial score (nSPS) is 11.6. The summed E-state index contributed by atoms with van der Waals surface area (Å²) in [4.78, 5) is 23.5. The van der Waals surface area contributed by atoms with E-state index < -0.39 is 6.09 Å². The molecule has 0 spiro atoms. The van der Waals surface area contributed by atoms with E-state index in [4.69, 9.17) is 5.11 Å². The molecule has 1 amide bonds. The van der Waals surface area contributed by atoms with Gasteiger partial charge in [0.15, 0.2) is 0 Å². The largest absolute Gasteiger partial charge is 0.465 e. The van der Waals surface area contributed by atoms with Crippen molar-refractivity contribution in [2.45, 2.75) is 13.1 Å². The van der Waals surface area contributed by atoms with Crippen molar-refractivity contribution in [3.05, 3.63) is 49.5 Å². The minimum absolute atomic E-state index is 0.105. The fourth-order valence-electron chi connectivity index (χ4n) is 1.70. The maximum Gasteiger partial charge on any atom is 0.404 e. The van der Waals surface area contributed by atoms with Crippen molar-refractivity contribution in [2.75, 3.05) is 6.54 Å². The average Bonchev–Trinajstić information content (AvgIpc) is 3.03. The summed E-state index contributed by atoms with van der Waals surface area (Å²) in [5.74, 6) is 0. The van der Waals surface area contributed by atoms with Crippen LogP contribution >= 0.6 is 27.3 Å². The van der Waals surface area contributed by atoms with Crippen molar-refractivity contribution >= 4 is 33.4 Å². The molecule has 0 aliphatic carbocycles. The van der Waals surface area contributed by atoms with Gasteiger partial charge in [0, 0.05) is 21.3 Å². The summed E-state index contributed by atoms with van der Waals surface area (Å²) in [5.41, 5.74) is -0.284. The minimum atomic E-state index is -1.26. The second kappa shape index (κ2) is 7.36. The third-order valence-electron chi connectivity index (χ3n) is 2.72. The minimum Gasteiger partial charge on any atom is -0.465 e. The zero-order chi connectivity index (χ0) is 16.1. The highest BCUT2D eigenvalue weighted by atomic mass is 79.9. The van der Waals surface area contributed by atoms with E-state index in [-0.39, 0.29) is 30.7 Å². The van der Waals surface area contributed by atoms with Gasteiger partial charge in [0.05, 0.1) is 19.4 Å². The lowest BCUT2D eigenvalue weighted by molar-refractivity contribution is 0.195. The first-order chi connectivity index (χ1) is 10.5. The van der Waals surface area contributed by atoms with E-state index in [9.17, 15) is 14.0 Å². The summed E-state index contributed by atoms with van der Waals surface area (Å²) in [5, 5.41) is 16.4. The predicted molar refractivity (Wildman–Crippen MR) is 82.8 cm³/mol. The van der Waals surface area contributed by atoms with Gasteiger partial charge in [-0.1, -0.05) is 0 Å². The fraction of sp³-hybridized carbons (Fsp3) is 0.250. The molecule has 2 aromatic rings. The molecule has 0 saturated carbocycles. The molecular weight excluding hydrogens is 379 g/mol. The van der Waals surface area contributed by atoms with Gasteiger partial charge in [-0.2, -0.15) is 5.10 Å². The number of carboxylic acid groups (broad SMARTS) is 1. The Labute approximate surface area is 136 Å². The molecule has 0 aliphatic rings. The topological polar surface area (TPSA) is 89.2 Å². The van der Waals surface area contributed by atoms with Gasteiger partial charge < -0.3 is 10.4 Å². The molecule has 0 fully saturated rings. The highest BCUT2D eigenvalue weighted by Gasteiger charge is 2.09. The number of nitrogens with zero attached hydrogens (tertiary/aromatic N) is 3. The highest BCUT2D eigenvalue weighted by molar-refractivity contribution is 9.10. The second-order valence-corrected chi connectivity index (χ2v) is 6.27. The number of nitrogens with one attached hydrogen (secondary N) is 1. The zero-order valence-electron chi connectivity index (χ0n) is 11.2. The Morgan fingerprint density at radius 1 is 1.59 bits per heavy atom. The summed E-state index contributed by atoms with van der Waals surface area (Å²) < 4.78 is 16.2. The highest BCUT2D eigenvalue weighted by Crippen LogP contribution is 2.20. The lowest BCUT2D eigenvalue weighted by Gasteiger charge is -2.05. The van der Waals surface area contributed by atoms with Crippen LogP contribution in [0.4, 0.5) is 9.18 Å². The number of thiophene rings is 1. The van der Waals surface area contributed by atoms with Gasteiger partial charge >= 0.3 is 11.8 Å². The van der Waals surface area contributed by atoms with Crippen LogP contribution in [0.2, 0.25) is 0 Å². The summed E-state index contributed by atoms with van der Waals surface area (Å²) >= 11 is 4.84. The van der Waals surface area contributed by atoms with Gasteiger partial charge in [-0.05, 0) is 27.6 Å². The Balaban J connectivity index is 2.07. The SMILES string of the molecule is O=C(O)NCC(=CF)Cn1ncn(Cc2cc(Br)cs2)c1=O. The Morgan fingerprint density at radius 3 is 2.95 bits per heavy atom. The van der Waals surface area contributed by atoms with Crippen LogP contribution in [-0.2, 0) is 13.1 Å². The molecule has 118 valence electrons. The first-order valence-corrected chi connectivity index (χ1v) is 7.77. The summed E-state index contributed by atoms with van der Waals surface area (Å²) in [6.45, 7) is 0.0525. The number of carbonyl (C=O) groups is 1. The standard InChI is InChI=1S/C12H12BrFN4O3S/c13-9-1-10(22-6-9)5-17-7-16-18(12(17)21)4-8(2-14)3-15-11(19)20/h1-2,6-7,15H,3-5H2,(H,19,20). The number of aromatic nitrogens is 3. The average molecular weight is 391 g/mol. The summed E-state index contributed by atoms with van der Waals surface area (Å²) in [7, 11) is 0. The molecule has 0 aromatic carbocycles. The van der Waals surface area contributed by atoms with Crippen LogP contribution in [0.15, 0.2) is 38.9 Å². The Kier molecular flexibility index (Phi) is 5.50. The number of amides is 1. The molecule has 0 aliphatic heterocycles. The Morgan fingerprint density at radius 2 is 2.36 bits per heavy atom. The van der Waals surface area contributed by atoms with Crippen molar-refractivity contribution < 1.29 is 14.3 Å².